The predicted molar refractivity (Wildman–Crippen MR) is 79.5 cm³/mol. The van der Waals surface area contributed by atoms with Gasteiger partial charge >= 0.3 is 6.03 Å². The van der Waals surface area contributed by atoms with E-state index >= 15 is 0 Å². The Balaban J connectivity index is 1.79. The highest BCUT2D eigenvalue weighted by atomic mass is 32.2. The van der Waals surface area contributed by atoms with Crippen LogP contribution in [0.1, 0.15) is 38.5 Å². The summed E-state index contributed by atoms with van der Waals surface area (Å²) in [5.41, 5.74) is 0. The molecule has 0 radical (unpaired) electrons. The number of amides is 2. The lowest BCUT2D eigenvalue weighted by atomic mass is 9.95. The van der Waals surface area contributed by atoms with E-state index in [-0.39, 0.29) is 18.6 Å². The van der Waals surface area contributed by atoms with Crippen LogP contribution >= 0.6 is 11.8 Å². The summed E-state index contributed by atoms with van der Waals surface area (Å²) in [6.45, 7) is 1.74. The molecule has 0 aromatic heterocycles. The van der Waals surface area contributed by atoms with Crippen LogP contribution in [0.25, 0.3) is 0 Å². The first kappa shape index (κ1) is 15.0. The zero-order valence-corrected chi connectivity index (χ0v) is 12.6. The van der Waals surface area contributed by atoms with Crippen LogP contribution < -0.4 is 5.32 Å². The molecule has 1 saturated carbocycles. The molecule has 1 heterocycles. The summed E-state index contributed by atoms with van der Waals surface area (Å²) in [4.78, 5) is 14.1. The molecule has 0 aromatic carbocycles. The molecular weight excluding hydrogens is 260 g/mol. The molecule has 2 N–H and O–H groups in total. The molecule has 2 aliphatic rings. The molecule has 110 valence electrons. The minimum Gasteiger partial charge on any atom is -0.396 e. The maximum atomic E-state index is 12.2. The highest BCUT2D eigenvalue weighted by molar-refractivity contribution is 7.99. The van der Waals surface area contributed by atoms with Crippen LogP contribution in [0, 0.1) is 5.92 Å². The zero-order chi connectivity index (χ0) is 13.7. The van der Waals surface area contributed by atoms with Gasteiger partial charge in [-0.25, -0.2) is 4.79 Å². The second-order valence-corrected chi connectivity index (χ2v) is 6.95. The molecule has 1 aliphatic heterocycles. The van der Waals surface area contributed by atoms with Gasteiger partial charge in [0, 0.05) is 31.0 Å². The van der Waals surface area contributed by atoms with E-state index in [1.165, 1.54) is 12.8 Å². The van der Waals surface area contributed by atoms with Gasteiger partial charge in [-0.1, -0.05) is 6.42 Å². The fraction of sp³-hybridized carbons (Fsp3) is 0.929. The normalized spacial score (nSPS) is 32.1. The molecule has 2 fully saturated rings. The first-order chi connectivity index (χ1) is 9.22. The van der Waals surface area contributed by atoms with Crippen LogP contribution in [-0.4, -0.2) is 53.3 Å². The number of urea groups is 1. The van der Waals surface area contributed by atoms with E-state index in [2.05, 4.69) is 11.6 Å². The quantitative estimate of drug-likeness (QED) is 0.835. The Labute approximate surface area is 120 Å². The van der Waals surface area contributed by atoms with Crippen molar-refractivity contribution in [2.24, 2.45) is 5.92 Å². The molecule has 1 aliphatic carbocycles. The van der Waals surface area contributed by atoms with Crippen molar-refractivity contribution in [3.8, 4) is 0 Å². The van der Waals surface area contributed by atoms with Crippen LogP contribution in [-0.2, 0) is 0 Å². The van der Waals surface area contributed by atoms with Crippen molar-refractivity contribution >= 4 is 17.8 Å². The second-order valence-electron chi connectivity index (χ2n) is 5.81. The van der Waals surface area contributed by atoms with Crippen LogP contribution in [0.5, 0.6) is 0 Å². The minimum absolute atomic E-state index is 0.0740. The summed E-state index contributed by atoms with van der Waals surface area (Å²) < 4.78 is 0. The summed E-state index contributed by atoms with van der Waals surface area (Å²) >= 11 is 1.92. The highest BCUT2D eigenvalue weighted by Gasteiger charge is 2.27. The van der Waals surface area contributed by atoms with Gasteiger partial charge in [0.1, 0.15) is 0 Å². The van der Waals surface area contributed by atoms with E-state index < -0.39 is 0 Å². The van der Waals surface area contributed by atoms with E-state index in [0.29, 0.717) is 17.8 Å². The predicted octanol–water partition coefficient (Wildman–Crippen LogP) is 2.07. The van der Waals surface area contributed by atoms with E-state index in [1.54, 1.807) is 0 Å². The average Bonchev–Trinajstić information content (AvgIpc) is 2.47. The molecule has 0 bridgehead atoms. The maximum Gasteiger partial charge on any atom is 0.317 e. The fourth-order valence-corrected chi connectivity index (χ4v) is 3.98. The van der Waals surface area contributed by atoms with Crippen molar-refractivity contribution in [3.63, 3.8) is 0 Å². The van der Waals surface area contributed by atoms with Crippen molar-refractivity contribution in [1.82, 2.24) is 10.2 Å². The first-order valence-electron chi connectivity index (χ1n) is 7.42. The number of carbonyl (C=O) groups excluding carboxylic acids is 1. The van der Waals surface area contributed by atoms with Crippen molar-refractivity contribution in [2.75, 3.05) is 26.0 Å². The lowest BCUT2D eigenvalue weighted by Gasteiger charge is -2.35. The van der Waals surface area contributed by atoms with Gasteiger partial charge in [0.05, 0.1) is 0 Å². The SMILES string of the molecule is CSC1CCCC(NC(=O)N2CCCC(CO)C2)C1. The van der Waals surface area contributed by atoms with Gasteiger partial charge < -0.3 is 15.3 Å². The lowest BCUT2D eigenvalue weighted by molar-refractivity contribution is 0.127. The Morgan fingerprint density at radius 1 is 1.37 bits per heavy atom. The van der Waals surface area contributed by atoms with E-state index in [0.717, 1.165) is 32.2 Å². The number of nitrogens with one attached hydrogen (secondary N) is 1. The Morgan fingerprint density at radius 2 is 2.21 bits per heavy atom. The number of carbonyl (C=O) groups is 1. The second kappa shape index (κ2) is 7.39. The molecule has 2 rings (SSSR count). The fourth-order valence-electron chi connectivity index (χ4n) is 3.15. The molecule has 0 aromatic rings. The molecule has 0 spiro atoms. The van der Waals surface area contributed by atoms with Gasteiger partial charge in [-0.2, -0.15) is 11.8 Å². The van der Waals surface area contributed by atoms with Crippen molar-refractivity contribution in [2.45, 2.75) is 49.8 Å². The van der Waals surface area contributed by atoms with Gasteiger partial charge in [-0.15, -0.1) is 0 Å². The van der Waals surface area contributed by atoms with Crippen molar-refractivity contribution < 1.29 is 9.90 Å². The Hall–Kier alpha value is -0.420. The summed E-state index contributed by atoms with van der Waals surface area (Å²) in [7, 11) is 0. The van der Waals surface area contributed by atoms with E-state index in [9.17, 15) is 9.90 Å². The van der Waals surface area contributed by atoms with E-state index in [1.807, 2.05) is 16.7 Å². The highest BCUT2D eigenvalue weighted by Crippen LogP contribution is 2.27. The Kier molecular flexibility index (Phi) is 5.82. The summed E-state index contributed by atoms with van der Waals surface area (Å²) in [6.07, 6.45) is 8.92. The third kappa shape index (κ3) is 4.28. The molecule has 3 unspecified atom stereocenters. The van der Waals surface area contributed by atoms with Crippen LogP contribution in [0.3, 0.4) is 0 Å². The zero-order valence-electron chi connectivity index (χ0n) is 11.8. The molecular formula is C14H26N2O2S. The number of hydrogen-bond donors (Lipinski definition) is 2. The molecule has 2 amide bonds. The molecule has 3 atom stereocenters. The Morgan fingerprint density at radius 3 is 2.95 bits per heavy atom. The number of aliphatic hydroxyl groups is 1. The van der Waals surface area contributed by atoms with Crippen molar-refractivity contribution in [3.05, 3.63) is 0 Å². The summed E-state index contributed by atoms with van der Waals surface area (Å²) in [6, 6.07) is 0.415. The third-order valence-electron chi connectivity index (χ3n) is 4.35. The van der Waals surface area contributed by atoms with E-state index in [4.69, 9.17) is 0 Å². The average molecular weight is 286 g/mol. The lowest BCUT2D eigenvalue weighted by Crippen LogP contribution is -2.50. The van der Waals surface area contributed by atoms with Crippen molar-refractivity contribution in [1.29, 1.82) is 0 Å². The van der Waals surface area contributed by atoms with Crippen LogP contribution in [0.4, 0.5) is 4.79 Å². The topological polar surface area (TPSA) is 52.6 Å². The van der Waals surface area contributed by atoms with Crippen LogP contribution in [0.15, 0.2) is 0 Å². The standard InChI is InChI=1S/C14H26N2O2S/c1-19-13-6-2-5-12(8-13)15-14(18)16-7-3-4-11(9-16)10-17/h11-13,17H,2-10H2,1H3,(H,15,18). The number of hydrogen-bond acceptors (Lipinski definition) is 3. The maximum absolute atomic E-state index is 12.2. The number of rotatable bonds is 3. The molecule has 5 heteroatoms. The van der Waals surface area contributed by atoms with Gasteiger partial charge in [0.15, 0.2) is 0 Å². The largest absolute Gasteiger partial charge is 0.396 e. The van der Waals surface area contributed by atoms with Gasteiger partial charge in [-0.3, -0.25) is 0 Å². The van der Waals surface area contributed by atoms with Gasteiger partial charge in [0.25, 0.3) is 0 Å². The van der Waals surface area contributed by atoms with Gasteiger partial charge in [-0.05, 0) is 44.3 Å². The number of nitrogens with zero attached hydrogens (tertiary/aromatic N) is 1. The monoisotopic (exact) mass is 286 g/mol. The number of piperidine rings is 1. The summed E-state index contributed by atoms with van der Waals surface area (Å²) in [5, 5.41) is 13.1. The molecule has 4 nitrogen and oxygen atoms in total. The Bertz CT molecular complexity index is 301. The first-order valence-corrected chi connectivity index (χ1v) is 8.70. The number of thioether (sulfide) groups is 1. The molecule has 19 heavy (non-hydrogen) atoms. The summed E-state index contributed by atoms with van der Waals surface area (Å²) in [5.74, 6) is 0.268. The molecule has 1 saturated heterocycles. The number of likely N-dealkylation sites (tertiary alicyclic amines) is 1. The van der Waals surface area contributed by atoms with Gasteiger partial charge in [0.2, 0.25) is 0 Å². The number of aliphatic hydroxyl groups excluding tert-OH is 1. The van der Waals surface area contributed by atoms with Crippen LogP contribution in [0.2, 0.25) is 0 Å². The third-order valence-corrected chi connectivity index (χ3v) is 5.45. The smallest absolute Gasteiger partial charge is 0.317 e. The minimum atomic E-state index is 0.0740.